The zero-order valence-electron chi connectivity index (χ0n) is 9.36. The lowest BCUT2D eigenvalue weighted by Crippen LogP contribution is -1.98. The standard InChI is InChI=1S/C12H14N2S2/c1-3-9-8-13-12(15)14(9)10-5-4-6-11(7-10)16-2/h4-8H,3H2,1-2H3,(H,13,15). The summed E-state index contributed by atoms with van der Waals surface area (Å²) in [7, 11) is 0. The van der Waals surface area contributed by atoms with Gasteiger partial charge in [-0.15, -0.1) is 11.8 Å². The molecule has 2 nitrogen and oxygen atoms in total. The van der Waals surface area contributed by atoms with Crippen LogP contribution in [0.25, 0.3) is 5.69 Å². The van der Waals surface area contributed by atoms with E-state index in [1.165, 1.54) is 10.6 Å². The van der Waals surface area contributed by atoms with Crippen molar-refractivity contribution in [3.8, 4) is 5.69 Å². The predicted octanol–water partition coefficient (Wildman–Crippen LogP) is 3.82. The van der Waals surface area contributed by atoms with Crippen LogP contribution in [0, 0.1) is 4.77 Å². The molecular weight excluding hydrogens is 236 g/mol. The molecule has 0 aliphatic heterocycles. The van der Waals surface area contributed by atoms with E-state index in [0.29, 0.717) is 0 Å². The maximum atomic E-state index is 5.30. The molecule has 1 aromatic carbocycles. The zero-order valence-corrected chi connectivity index (χ0v) is 11.0. The summed E-state index contributed by atoms with van der Waals surface area (Å²) >= 11 is 7.04. The predicted molar refractivity (Wildman–Crippen MR) is 72.1 cm³/mol. The molecule has 0 aliphatic carbocycles. The molecule has 84 valence electrons. The molecule has 0 amide bonds. The van der Waals surface area contributed by atoms with E-state index in [4.69, 9.17) is 12.2 Å². The highest BCUT2D eigenvalue weighted by Gasteiger charge is 2.04. The molecule has 0 unspecified atom stereocenters. The van der Waals surface area contributed by atoms with E-state index in [0.717, 1.165) is 16.9 Å². The van der Waals surface area contributed by atoms with E-state index in [1.807, 2.05) is 6.20 Å². The minimum absolute atomic E-state index is 0.759. The molecule has 16 heavy (non-hydrogen) atoms. The molecule has 1 aromatic heterocycles. The number of imidazole rings is 1. The average molecular weight is 250 g/mol. The lowest BCUT2D eigenvalue weighted by molar-refractivity contribution is 0.919. The molecule has 0 atom stereocenters. The largest absolute Gasteiger partial charge is 0.337 e. The van der Waals surface area contributed by atoms with Crippen LogP contribution in [0.3, 0.4) is 0 Å². The number of benzene rings is 1. The molecule has 0 aliphatic rings. The van der Waals surface area contributed by atoms with Gasteiger partial charge in [0.2, 0.25) is 0 Å². The Balaban J connectivity index is 2.57. The van der Waals surface area contributed by atoms with Crippen LogP contribution in [0.2, 0.25) is 0 Å². The van der Waals surface area contributed by atoms with Crippen molar-refractivity contribution in [2.75, 3.05) is 6.26 Å². The molecule has 2 rings (SSSR count). The molecule has 0 saturated carbocycles. The van der Waals surface area contributed by atoms with Crippen molar-refractivity contribution in [1.29, 1.82) is 0 Å². The minimum Gasteiger partial charge on any atom is -0.337 e. The van der Waals surface area contributed by atoms with E-state index >= 15 is 0 Å². The summed E-state index contributed by atoms with van der Waals surface area (Å²) in [5.74, 6) is 0. The lowest BCUT2D eigenvalue weighted by Gasteiger charge is -2.07. The van der Waals surface area contributed by atoms with Crippen molar-refractivity contribution in [1.82, 2.24) is 9.55 Å². The maximum Gasteiger partial charge on any atom is 0.182 e. The lowest BCUT2D eigenvalue weighted by atomic mass is 10.3. The molecule has 0 saturated heterocycles. The van der Waals surface area contributed by atoms with Gasteiger partial charge in [-0.25, -0.2) is 0 Å². The highest BCUT2D eigenvalue weighted by molar-refractivity contribution is 7.98. The minimum atomic E-state index is 0.759. The van der Waals surface area contributed by atoms with E-state index < -0.39 is 0 Å². The zero-order chi connectivity index (χ0) is 11.5. The fraction of sp³-hybridized carbons (Fsp3) is 0.250. The van der Waals surface area contributed by atoms with E-state index in [1.54, 1.807) is 11.8 Å². The van der Waals surface area contributed by atoms with Crippen molar-refractivity contribution in [2.45, 2.75) is 18.2 Å². The third-order valence-corrected chi connectivity index (χ3v) is 3.55. The molecule has 0 spiro atoms. The van der Waals surface area contributed by atoms with Crippen molar-refractivity contribution >= 4 is 24.0 Å². The second kappa shape index (κ2) is 4.89. The third kappa shape index (κ3) is 2.08. The topological polar surface area (TPSA) is 20.7 Å². The number of nitrogens with zero attached hydrogens (tertiary/aromatic N) is 1. The van der Waals surface area contributed by atoms with E-state index in [9.17, 15) is 0 Å². The van der Waals surface area contributed by atoms with Crippen LogP contribution in [0.1, 0.15) is 12.6 Å². The average Bonchev–Trinajstić information content (AvgIpc) is 2.70. The van der Waals surface area contributed by atoms with Crippen molar-refractivity contribution in [2.24, 2.45) is 0 Å². The summed E-state index contributed by atoms with van der Waals surface area (Å²) in [6.07, 6.45) is 5.03. The normalized spacial score (nSPS) is 10.6. The number of hydrogen-bond donors (Lipinski definition) is 1. The number of nitrogens with one attached hydrogen (secondary N) is 1. The van der Waals surface area contributed by atoms with Crippen LogP contribution in [-0.2, 0) is 6.42 Å². The Morgan fingerprint density at radius 2 is 2.25 bits per heavy atom. The number of aryl methyl sites for hydroxylation is 1. The fourth-order valence-corrected chi connectivity index (χ4v) is 2.43. The van der Waals surface area contributed by atoms with Gasteiger partial charge in [0.05, 0.1) is 0 Å². The van der Waals surface area contributed by atoms with Crippen LogP contribution in [0.5, 0.6) is 0 Å². The smallest absolute Gasteiger partial charge is 0.182 e. The summed E-state index contributed by atoms with van der Waals surface area (Å²) in [5, 5.41) is 0. The summed E-state index contributed by atoms with van der Waals surface area (Å²) < 4.78 is 2.85. The molecule has 0 radical (unpaired) electrons. The van der Waals surface area contributed by atoms with Gasteiger partial charge in [0.1, 0.15) is 0 Å². The van der Waals surface area contributed by atoms with E-state index in [2.05, 4.69) is 47.0 Å². The van der Waals surface area contributed by atoms with Crippen LogP contribution in [-0.4, -0.2) is 15.8 Å². The first-order valence-corrected chi connectivity index (χ1v) is 6.83. The Morgan fingerprint density at radius 1 is 1.44 bits per heavy atom. The van der Waals surface area contributed by atoms with Gasteiger partial charge in [0, 0.05) is 22.5 Å². The SMILES string of the molecule is CCc1c[nH]c(=S)n1-c1cccc(SC)c1. The molecular formula is C12H14N2S2. The fourth-order valence-electron chi connectivity index (χ4n) is 1.70. The van der Waals surface area contributed by atoms with Gasteiger partial charge < -0.3 is 4.98 Å². The van der Waals surface area contributed by atoms with Crippen molar-refractivity contribution < 1.29 is 0 Å². The molecule has 4 heteroatoms. The summed E-state index contributed by atoms with van der Waals surface area (Å²) in [5.41, 5.74) is 2.35. The van der Waals surface area contributed by atoms with Gasteiger partial charge in [-0.2, -0.15) is 0 Å². The monoisotopic (exact) mass is 250 g/mol. The van der Waals surface area contributed by atoms with Gasteiger partial charge >= 0.3 is 0 Å². The Hall–Kier alpha value is -1.00. The third-order valence-electron chi connectivity index (χ3n) is 2.53. The van der Waals surface area contributed by atoms with Crippen LogP contribution >= 0.6 is 24.0 Å². The number of aromatic amines is 1. The highest BCUT2D eigenvalue weighted by atomic mass is 32.2. The van der Waals surface area contributed by atoms with Crippen LogP contribution in [0.4, 0.5) is 0 Å². The van der Waals surface area contributed by atoms with Crippen molar-refractivity contribution in [3.05, 3.63) is 40.9 Å². The number of thioether (sulfide) groups is 1. The first-order valence-electron chi connectivity index (χ1n) is 5.20. The molecule has 2 aromatic rings. The summed E-state index contributed by atoms with van der Waals surface area (Å²) in [4.78, 5) is 4.35. The van der Waals surface area contributed by atoms with Crippen LogP contribution < -0.4 is 0 Å². The van der Waals surface area contributed by atoms with Gasteiger partial charge in [0.25, 0.3) is 0 Å². The molecule has 1 heterocycles. The first kappa shape index (κ1) is 11.5. The Labute approximate surface area is 105 Å². The maximum absolute atomic E-state index is 5.30. The first-order chi connectivity index (χ1) is 7.76. The summed E-state index contributed by atoms with van der Waals surface area (Å²) in [6.45, 7) is 2.13. The van der Waals surface area contributed by atoms with Crippen molar-refractivity contribution in [3.63, 3.8) is 0 Å². The number of H-pyrrole nitrogens is 1. The second-order valence-electron chi connectivity index (χ2n) is 3.48. The number of hydrogen-bond acceptors (Lipinski definition) is 2. The van der Waals surface area contributed by atoms with E-state index in [-0.39, 0.29) is 0 Å². The Kier molecular flexibility index (Phi) is 3.51. The van der Waals surface area contributed by atoms with Crippen LogP contribution in [0.15, 0.2) is 35.4 Å². The Morgan fingerprint density at radius 3 is 2.94 bits per heavy atom. The summed E-state index contributed by atoms with van der Waals surface area (Å²) in [6, 6.07) is 8.42. The van der Waals surface area contributed by atoms with Gasteiger partial charge in [-0.3, -0.25) is 4.57 Å². The number of rotatable bonds is 3. The molecule has 1 N–H and O–H groups in total. The number of aromatic nitrogens is 2. The molecule has 0 bridgehead atoms. The Bertz CT molecular complexity index is 540. The molecule has 0 fully saturated rings. The quantitative estimate of drug-likeness (QED) is 0.660. The van der Waals surface area contributed by atoms with Gasteiger partial charge in [-0.05, 0) is 43.1 Å². The van der Waals surface area contributed by atoms with Gasteiger partial charge in [0.15, 0.2) is 4.77 Å². The second-order valence-corrected chi connectivity index (χ2v) is 4.74. The van der Waals surface area contributed by atoms with Gasteiger partial charge in [-0.1, -0.05) is 13.0 Å². The highest BCUT2D eigenvalue weighted by Crippen LogP contribution is 2.20.